The molecule has 0 bridgehead atoms. The highest BCUT2D eigenvalue weighted by Crippen LogP contribution is 2.29. The van der Waals surface area contributed by atoms with Crippen molar-refractivity contribution >= 4 is 28.6 Å². The average molecular weight is 358 g/mol. The Hall–Kier alpha value is -2.18. The Kier molecular flexibility index (Phi) is 4.97. The van der Waals surface area contributed by atoms with Crippen molar-refractivity contribution in [2.75, 3.05) is 7.11 Å². The largest absolute Gasteiger partial charge is 0.496 e. The molecule has 0 saturated carbocycles. The minimum atomic E-state index is -0.104. The number of methoxy groups -OCH3 is 1. The summed E-state index contributed by atoms with van der Waals surface area (Å²) in [6, 6.07) is 9.55. The molecule has 0 radical (unpaired) electrons. The van der Waals surface area contributed by atoms with Gasteiger partial charge in [-0.05, 0) is 43.7 Å². The quantitative estimate of drug-likeness (QED) is 0.734. The van der Waals surface area contributed by atoms with Crippen LogP contribution in [-0.4, -0.2) is 18.0 Å². The van der Waals surface area contributed by atoms with Crippen molar-refractivity contribution in [1.29, 1.82) is 0 Å². The van der Waals surface area contributed by atoms with Gasteiger partial charge in [0.15, 0.2) is 0 Å². The molecule has 1 N–H and O–H groups in total. The third-order valence-electron chi connectivity index (χ3n) is 3.63. The van der Waals surface area contributed by atoms with E-state index in [1.807, 2.05) is 32.0 Å². The Morgan fingerprint density at radius 1 is 1.25 bits per heavy atom. The predicted molar refractivity (Wildman–Crippen MR) is 99.1 cm³/mol. The zero-order chi connectivity index (χ0) is 17.1. The smallest absolute Gasteiger partial charge is 0.251 e. The summed E-state index contributed by atoms with van der Waals surface area (Å²) in [6.07, 6.45) is 0. The summed E-state index contributed by atoms with van der Waals surface area (Å²) in [6.45, 7) is 4.45. The summed E-state index contributed by atoms with van der Waals surface area (Å²) < 4.78 is 5.27. The lowest BCUT2D eigenvalue weighted by molar-refractivity contribution is 0.0951. The van der Waals surface area contributed by atoms with Gasteiger partial charge in [0.25, 0.3) is 5.91 Å². The highest BCUT2D eigenvalue weighted by Gasteiger charge is 2.10. The fraction of sp³-hybridized carbons (Fsp3) is 0.222. The van der Waals surface area contributed by atoms with Crippen molar-refractivity contribution in [1.82, 2.24) is 10.3 Å². The molecule has 0 spiro atoms. The van der Waals surface area contributed by atoms with Gasteiger partial charge in [0.1, 0.15) is 5.75 Å². The van der Waals surface area contributed by atoms with Gasteiger partial charge in [0.05, 0.1) is 29.2 Å². The number of aryl methyl sites for hydroxylation is 2. The first kappa shape index (κ1) is 16.7. The summed E-state index contributed by atoms with van der Waals surface area (Å²) in [5.74, 6) is 0.618. The van der Waals surface area contributed by atoms with Gasteiger partial charge >= 0.3 is 0 Å². The molecule has 0 saturated heterocycles. The van der Waals surface area contributed by atoms with E-state index in [1.165, 1.54) is 0 Å². The van der Waals surface area contributed by atoms with Gasteiger partial charge < -0.3 is 10.1 Å². The molecule has 4 nitrogen and oxygen atoms in total. The molecule has 2 aromatic heterocycles. The molecule has 0 aliphatic carbocycles. The SMILES string of the molecule is COc1cc(C(=O)NCc2ccc(-c3csc(C)n3)s2)ccc1C. The van der Waals surface area contributed by atoms with E-state index in [-0.39, 0.29) is 5.91 Å². The minimum Gasteiger partial charge on any atom is -0.496 e. The van der Waals surface area contributed by atoms with E-state index in [1.54, 1.807) is 35.8 Å². The summed E-state index contributed by atoms with van der Waals surface area (Å²) >= 11 is 3.29. The minimum absolute atomic E-state index is 0.104. The van der Waals surface area contributed by atoms with E-state index in [2.05, 4.69) is 21.7 Å². The van der Waals surface area contributed by atoms with E-state index >= 15 is 0 Å². The number of amides is 1. The van der Waals surface area contributed by atoms with E-state index in [9.17, 15) is 4.79 Å². The van der Waals surface area contributed by atoms with Crippen LogP contribution in [0.2, 0.25) is 0 Å². The Labute approximate surface area is 149 Å². The van der Waals surface area contributed by atoms with Gasteiger partial charge in [0, 0.05) is 15.8 Å². The summed E-state index contributed by atoms with van der Waals surface area (Å²) in [5.41, 5.74) is 2.61. The van der Waals surface area contributed by atoms with Gasteiger partial charge in [-0.2, -0.15) is 0 Å². The lowest BCUT2D eigenvalue weighted by Crippen LogP contribution is -2.22. The fourth-order valence-electron chi connectivity index (χ4n) is 2.32. The lowest BCUT2D eigenvalue weighted by atomic mass is 10.1. The number of carbonyl (C=O) groups is 1. The Morgan fingerprint density at radius 2 is 2.08 bits per heavy atom. The lowest BCUT2D eigenvalue weighted by Gasteiger charge is -2.08. The van der Waals surface area contributed by atoms with Crippen molar-refractivity contribution in [2.45, 2.75) is 20.4 Å². The number of ether oxygens (including phenoxy) is 1. The van der Waals surface area contributed by atoms with Crippen LogP contribution in [0.1, 0.15) is 25.8 Å². The third-order valence-corrected chi connectivity index (χ3v) is 5.51. The van der Waals surface area contributed by atoms with E-state index in [0.29, 0.717) is 12.1 Å². The number of rotatable bonds is 5. The summed E-state index contributed by atoms with van der Waals surface area (Å²) in [5, 5.41) is 6.07. The maximum atomic E-state index is 12.3. The monoisotopic (exact) mass is 358 g/mol. The zero-order valence-electron chi connectivity index (χ0n) is 13.8. The standard InChI is InChI=1S/C18H18N2O2S2/c1-11-4-5-13(8-16(11)22-3)18(21)19-9-14-6-7-17(24-14)15-10-23-12(2)20-15/h4-8,10H,9H2,1-3H3,(H,19,21). The number of benzene rings is 1. The molecule has 0 unspecified atom stereocenters. The van der Waals surface area contributed by atoms with Crippen LogP contribution in [0.15, 0.2) is 35.7 Å². The zero-order valence-corrected chi connectivity index (χ0v) is 15.4. The van der Waals surface area contributed by atoms with Crippen molar-refractivity contribution in [3.8, 4) is 16.3 Å². The number of hydrogen-bond acceptors (Lipinski definition) is 5. The van der Waals surface area contributed by atoms with Crippen LogP contribution < -0.4 is 10.1 Å². The van der Waals surface area contributed by atoms with Crippen molar-refractivity contribution in [2.24, 2.45) is 0 Å². The van der Waals surface area contributed by atoms with Crippen LogP contribution >= 0.6 is 22.7 Å². The van der Waals surface area contributed by atoms with Gasteiger partial charge in [-0.3, -0.25) is 4.79 Å². The second-order valence-electron chi connectivity index (χ2n) is 5.38. The molecule has 1 aromatic carbocycles. The maximum absolute atomic E-state index is 12.3. The second kappa shape index (κ2) is 7.15. The number of nitrogens with zero attached hydrogens (tertiary/aromatic N) is 1. The van der Waals surface area contributed by atoms with Crippen molar-refractivity contribution < 1.29 is 9.53 Å². The average Bonchev–Trinajstić information content (AvgIpc) is 3.21. The Bertz CT molecular complexity index is 868. The fourth-order valence-corrected chi connectivity index (χ4v) is 3.91. The Morgan fingerprint density at radius 3 is 2.79 bits per heavy atom. The molecule has 0 atom stereocenters. The molecular weight excluding hydrogens is 340 g/mol. The van der Waals surface area contributed by atoms with Crippen LogP contribution in [0, 0.1) is 13.8 Å². The van der Waals surface area contributed by atoms with Gasteiger partial charge in [0.2, 0.25) is 0 Å². The first-order chi connectivity index (χ1) is 11.6. The molecule has 1 amide bonds. The summed E-state index contributed by atoms with van der Waals surface area (Å²) in [7, 11) is 1.61. The first-order valence-electron chi connectivity index (χ1n) is 7.51. The van der Waals surface area contributed by atoms with Crippen LogP contribution in [-0.2, 0) is 6.54 Å². The molecule has 3 rings (SSSR count). The molecule has 124 valence electrons. The van der Waals surface area contributed by atoms with Crippen LogP contribution in [0.3, 0.4) is 0 Å². The van der Waals surface area contributed by atoms with Gasteiger partial charge in [-0.15, -0.1) is 22.7 Å². The Balaban J connectivity index is 1.65. The molecule has 0 aliphatic heterocycles. The maximum Gasteiger partial charge on any atom is 0.251 e. The molecule has 3 aromatic rings. The van der Waals surface area contributed by atoms with Gasteiger partial charge in [-0.25, -0.2) is 4.98 Å². The molecule has 24 heavy (non-hydrogen) atoms. The molecule has 0 aliphatic rings. The summed E-state index contributed by atoms with van der Waals surface area (Å²) in [4.78, 5) is 19.0. The molecule has 6 heteroatoms. The third kappa shape index (κ3) is 3.66. The van der Waals surface area contributed by atoms with E-state index < -0.39 is 0 Å². The van der Waals surface area contributed by atoms with Crippen molar-refractivity contribution in [3.05, 3.63) is 56.7 Å². The van der Waals surface area contributed by atoms with Crippen LogP contribution in [0.25, 0.3) is 10.6 Å². The second-order valence-corrected chi connectivity index (χ2v) is 7.62. The number of carbonyl (C=O) groups excluding carboxylic acids is 1. The van der Waals surface area contributed by atoms with Gasteiger partial charge in [-0.1, -0.05) is 6.07 Å². The van der Waals surface area contributed by atoms with E-state index in [0.717, 1.165) is 31.8 Å². The number of thiophene rings is 1. The van der Waals surface area contributed by atoms with Crippen molar-refractivity contribution in [3.63, 3.8) is 0 Å². The normalized spacial score (nSPS) is 10.6. The highest BCUT2D eigenvalue weighted by molar-refractivity contribution is 7.16. The van der Waals surface area contributed by atoms with Crippen LogP contribution in [0.4, 0.5) is 0 Å². The molecular formula is C18H18N2O2S2. The van der Waals surface area contributed by atoms with Crippen LogP contribution in [0.5, 0.6) is 5.75 Å². The number of aromatic nitrogens is 1. The predicted octanol–water partition coefficient (Wildman–Crippen LogP) is 4.43. The number of thiazole rings is 1. The molecule has 2 heterocycles. The van der Waals surface area contributed by atoms with E-state index in [4.69, 9.17) is 4.74 Å². The highest BCUT2D eigenvalue weighted by atomic mass is 32.1. The first-order valence-corrected chi connectivity index (χ1v) is 9.20. The molecule has 0 fully saturated rings. The topological polar surface area (TPSA) is 51.2 Å². The number of hydrogen-bond donors (Lipinski definition) is 1. The number of nitrogens with one attached hydrogen (secondary N) is 1.